The zero-order valence-electron chi connectivity index (χ0n) is 6.04. The first-order valence-electron chi connectivity index (χ1n) is 3.75. The molecule has 0 bridgehead atoms. The number of allylic oxidation sites excluding steroid dienone is 4. The van der Waals surface area contributed by atoms with Gasteiger partial charge in [0.15, 0.2) is 11.6 Å². The Labute approximate surface area is 64.6 Å². The molecule has 56 valence electrons. The standard InChI is InChI=1S/C9H8O2/c10-7-3-4-9(11)8(5-7)6-1-2-6/h3-6H,1-2H2. The van der Waals surface area contributed by atoms with Crippen LogP contribution in [0.1, 0.15) is 12.8 Å². The molecule has 0 radical (unpaired) electrons. The van der Waals surface area contributed by atoms with E-state index in [0.717, 1.165) is 18.4 Å². The van der Waals surface area contributed by atoms with Gasteiger partial charge in [-0.15, -0.1) is 0 Å². The van der Waals surface area contributed by atoms with E-state index in [9.17, 15) is 9.59 Å². The van der Waals surface area contributed by atoms with E-state index in [1.165, 1.54) is 18.2 Å². The summed E-state index contributed by atoms with van der Waals surface area (Å²) in [6.45, 7) is 0. The van der Waals surface area contributed by atoms with Gasteiger partial charge in [0.2, 0.25) is 0 Å². The van der Waals surface area contributed by atoms with E-state index < -0.39 is 0 Å². The summed E-state index contributed by atoms with van der Waals surface area (Å²) in [5, 5.41) is 0. The molecule has 0 saturated heterocycles. The average molecular weight is 148 g/mol. The summed E-state index contributed by atoms with van der Waals surface area (Å²) in [4.78, 5) is 21.9. The van der Waals surface area contributed by atoms with Crippen molar-refractivity contribution in [2.75, 3.05) is 0 Å². The zero-order chi connectivity index (χ0) is 7.84. The number of ketones is 2. The van der Waals surface area contributed by atoms with Crippen LogP contribution in [-0.2, 0) is 9.59 Å². The molecule has 0 aromatic rings. The second-order valence-electron chi connectivity index (χ2n) is 2.97. The van der Waals surface area contributed by atoms with Gasteiger partial charge >= 0.3 is 0 Å². The van der Waals surface area contributed by atoms with Gasteiger partial charge in [0.1, 0.15) is 0 Å². The van der Waals surface area contributed by atoms with Crippen LogP contribution in [0.25, 0.3) is 0 Å². The van der Waals surface area contributed by atoms with Gasteiger partial charge in [0, 0.05) is 5.57 Å². The van der Waals surface area contributed by atoms with Crippen LogP contribution in [0.15, 0.2) is 23.8 Å². The van der Waals surface area contributed by atoms with Gasteiger partial charge in [-0.25, -0.2) is 0 Å². The Bertz CT molecular complexity index is 280. The van der Waals surface area contributed by atoms with Crippen molar-refractivity contribution in [3.05, 3.63) is 23.8 Å². The van der Waals surface area contributed by atoms with Crippen LogP contribution in [0.3, 0.4) is 0 Å². The zero-order valence-corrected chi connectivity index (χ0v) is 6.04. The van der Waals surface area contributed by atoms with Crippen LogP contribution in [-0.4, -0.2) is 11.6 Å². The molecule has 0 unspecified atom stereocenters. The van der Waals surface area contributed by atoms with E-state index in [0.29, 0.717) is 5.92 Å². The van der Waals surface area contributed by atoms with Crippen LogP contribution in [0.5, 0.6) is 0 Å². The first kappa shape index (κ1) is 6.53. The van der Waals surface area contributed by atoms with E-state index in [1.54, 1.807) is 0 Å². The first-order chi connectivity index (χ1) is 5.27. The fourth-order valence-corrected chi connectivity index (χ4v) is 1.24. The Morgan fingerprint density at radius 2 is 1.91 bits per heavy atom. The largest absolute Gasteiger partial charge is 0.290 e. The Balaban J connectivity index is 2.28. The van der Waals surface area contributed by atoms with Crippen LogP contribution < -0.4 is 0 Å². The third-order valence-electron chi connectivity index (χ3n) is 2.00. The summed E-state index contributed by atoms with van der Waals surface area (Å²) in [6, 6.07) is 0. The summed E-state index contributed by atoms with van der Waals surface area (Å²) >= 11 is 0. The minimum Gasteiger partial charge on any atom is -0.290 e. The fourth-order valence-electron chi connectivity index (χ4n) is 1.24. The maximum absolute atomic E-state index is 11.1. The monoisotopic (exact) mass is 148 g/mol. The molecule has 0 aliphatic heterocycles. The molecule has 0 amide bonds. The van der Waals surface area contributed by atoms with Crippen LogP contribution in [0.2, 0.25) is 0 Å². The van der Waals surface area contributed by atoms with Crippen molar-refractivity contribution in [1.82, 2.24) is 0 Å². The molecule has 2 nitrogen and oxygen atoms in total. The van der Waals surface area contributed by atoms with E-state index >= 15 is 0 Å². The highest BCUT2D eigenvalue weighted by atomic mass is 16.1. The molecular weight excluding hydrogens is 140 g/mol. The molecule has 1 saturated carbocycles. The smallest absolute Gasteiger partial charge is 0.182 e. The number of hydrogen-bond acceptors (Lipinski definition) is 2. The van der Waals surface area contributed by atoms with Crippen molar-refractivity contribution in [3.63, 3.8) is 0 Å². The van der Waals surface area contributed by atoms with Crippen molar-refractivity contribution in [2.45, 2.75) is 12.8 Å². The molecule has 1 fully saturated rings. The molecule has 2 aliphatic rings. The van der Waals surface area contributed by atoms with Gasteiger partial charge in [0.25, 0.3) is 0 Å². The molecule has 0 aromatic heterocycles. The normalized spacial score (nSPS) is 23.8. The third kappa shape index (κ3) is 1.16. The quantitative estimate of drug-likeness (QED) is 0.520. The van der Waals surface area contributed by atoms with E-state index in [-0.39, 0.29) is 11.6 Å². The minimum atomic E-state index is -0.0495. The van der Waals surface area contributed by atoms with Gasteiger partial charge < -0.3 is 0 Å². The minimum absolute atomic E-state index is 0.0205. The molecule has 0 atom stereocenters. The molecule has 0 spiro atoms. The van der Waals surface area contributed by atoms with Crippen molar-refractivity contribution in [2.24, 2.45) is 5.92 Å². The van der Waals surface area contributed by atoms with Crippen molar-refractivity contribution < 1.29 is 9.59 Å². The molecule has 0 aromatic carbocycles. The Morgan fingerprint density at radius 1 is 1.18 bits per heavy atom. The van der Waals surface area contributed by atoms with Gasteiger partial charge in [0.05, 0.1) is 0 Å². The fraction of sp³-hybridized carbons (Fsp3) is 0.333. The molecular formula is C9H8O2. The van der Waals surface area contributed by atoms with Gasteiger partial charge in [-0.1, -0.05) is 0 Å². The van der Waals surface area contributed by atoms with E-state index in [2.05, 4.69) is 0 Å². The van der Waals surface area contributed by atoms with Gasteiger partial charge in [-0.2, -0.15) is 0 Å². The summed E-state index contributed by atoms with van der Waals surface area (Å²) < 4.78 is 0. The predicted molar refractivity (Wildman–Crippen MR) is 40.0 cm³/mol. The second-order valence-corrected chi connectivity index (χ2v) is 2.97. The van der Waals surface area contributed by atoms with Crippen LogP contribution >= 0.6 is 0 Å². The SMILES string of the molecule is O=C1C=CC(=O)C(C2CC2)=C1. The van der Waals surface area contributed by atoms with E-state index in [4.69, 9.17) is 0 Å². The first-order valence-corrected chi connectivity index (χ1v) is 3.75. The van der Waals surface area contributed by atoms with Crippen LogP contribution in [0.4, 0.5) is 0 Å². The highest BCUT2D eigenvalue weighted by Crippen LogP contribution is 2.37. The number of carbonyl (C=O) groups is 2. The number of hydrogen-bond donors (Lipinski definition) is 0. The predicted octanol–water partition coefficient (Wildman–Crippen LogP) is 1.03. The Morgan fingerprint density at radius 3 is 2.55 bits per heavy atom. The molecule has 11 heavy (non-hydrogen) atoms. The van der Waals surface area contributed by atoms with Crippen LogP contribution in [0, 0.1) is 5.92 Å². The van der Waals surface area contributed by atoms with Gasteiger partial charge in [-0.3, -0.25) is 9.59 Å². The summed E-state index contributed by atoms with van der Waals surface area (Å²) in [5.74, 6) is 0.356. The summed E-state index contributed by atoms with van der Waals surface area (Å²) in [6.07, 6.45) is 6.31. The van der Waals surface area contributed by atoms with E-state index in [1.807, 2.05) is 0 Å². The maximum atomic E-state index is 11.1. The molecule has 0 N–H and O–H groups in total. The molecule has 2 heteroatoms. The molecule has 0 heterocycles. The average Bonchev–Trinajstić information content (AvgIpc) is 2.76. The lowest BCUT2D eigenvalue weighted by Gasteiger charge is -2.02. The third-order valence-corrected chi connectivity index (χ3v) is 2.00. The topological polar surface area (TPSA) is 34.1 Å². The number of rotatable bonds is 1. The lowest BCUT2D eigenvalue weighted by molar-refractivity contribution is -0.114. The Kier molecular flexibility index (Phi) is 1.28. The molecule has 2 rings (SSSR count). The van der Waals surface area contributed by atoms with Crippen molar-refractivity contribution in [1.29, 1.82) is 0 Å². The number of carbonyl (C=O) groups excluding carboxylic acids is 2. The lowest BCUT2D eigenvalue weighted by Crippen LogP contribution is -2.08. The van der Waals surface area contributed by atoms with Crippen molar-refractivity contribution in [3.8, 4) is 0 Å². The summed E-state index contributed by atoms with van der Waals surface area (Å²) in [5.41, 5.74) is 0.720. The highest BCUT2D eigenvalue weighted by molar-refractivity contribution is 6.17. The highest BCUT2D eigenvalue weighted by Gasteiger charge is 2.30. The second kappa shape index (κ2) is 2.16. The Hall–Kier alpha value is -1.18. The van der Waals surface area contributed by atoms with Gasteiger partial charge in [-0.05, 0) is 37.0 Å². The van der Waals surface area contributed by atoms with Crippen molar-refractivity contribution >= 4 is 11.6 Å². The summed E-state index contributed by atoms with van der Waals surface area (Å²) in [7, 11) is 0. The lowest BCUT2D eigenvalue weighted by atomic mass is 10.00. The maximum Gasteiger partial charge on any atom is 0.182 e. The molecule has 2 aliphatic carbocycles.